The molecule has 0 N–H and O–H groups in total. The predicted molar refractivity (Wildman–Crippen MR) is 184 cm³/mol. The van der Waals surface area contributed by atoms with E-state index in [1.54, 1.807) is 26.0 Å². The van der Waals surface area contributed by atoms with Crippen molar-refractivity contribution >= 4 is 11.9 Å². The van der Waals surface area contributed by atoms with E-state index in [-0.39, 0.29) is 18.0 Å². The molecule has 1 heterocycles. The molecule has 4 nitrogen and oxygen atoms in total. The highest BCUT2D eigenvalue weighted by Crippen LogP contribution is 2.16. The number of carbonyl (C=O) groups is 2. The Hall–Kier alpha value is -4.20. The highest BCUT2D eigenvalue weighted by Gasteiger charge is 2.22. The third kappa shape index (κ3) is 86.1. The van der Waals surface area contributed by atoms with Gasteiger partial charge in [-0.1, -0.05) is 100 Å². The van der Waals surface area contributed by atoms with Gasteiger partial charge < -0.3 is 9.47 Å². The number of hydrogen-bond acceptors (Lipinski definition) is 4. The standard InChI is InChI=1S/C6H8O2.C6H10.C5H8O2.C5H8.C5H4.C4H10.C3H6.C3H4/c1-4-3-5(2)8-6(4)7;1-5(2)6(3)4;1-3-4-5(6)7-2;1-4-5(2)3;1-3-5-4-2;1-3-4-2;2*1-3-2/h5H,1,3H2,2H3;1,3H2,2,4H3;3H,1,4H2,2H3;4H,1-2H2,3H3;1H,2H3;3-4H2,1-2H3;3H,1H2,2H3;1H,2H3. The van der Waals surface area contributed by atoms with Gasteiger partial charge in [0.2, 0.25) is 0 Å². The van der Waals surface area contributed by atoms with Crippen LogP contribution in [0.2, 0.25) is 0 Å². The van der Waals surface area contributed by atoms with Gasteiger partial charge in [0.1, 0.15) is 6.10 Å². The first-order valence-corrected chi connectivity index (χ1v) is 13.1. The number of carbonyl (C=O) groups excluding carboxylic acids is 2. The average Bonchev–Trinajstić information content (AvgIpc) is 3.21. The minimum atomic E-state index is -0.241. The van der Waals surface area contributed by atoms with Crippen molar-refractivity contribution in [3.63, 3.8) is 0 Å². The molecule has 0 amide bonds. The Bertz CT molecular complexity index is 860. The van der Waals surface area contributed by atoms with Gasteiger partial charge in [0.25, 0.3) is 0 Å². The second-order valence-corrected chi connectivity index (χ2v) is 7.92. The van der Waals surface area contributed by atoms with E-state index in [4.69, 9.17) is 11.2 Å². The van der Waals surface area contributed by atoms with Crippen LogP contribution in [0.15, 0.2) is 86.6 Å². The fraction of sp³-hybridized carbons (Fsp3) is 0.405. The number of esters is 2. The molecule has 1 rings (SSSR count). The van der Waals surface area contributed by atoms with Crippen LogP contribution in [-0.2, 0) is 19.1 Å². The van der Waals surface area contributed by atoms with Crippen LogP contribution in [0.1, 0.15) is 88.0 Å². The number of allylic oxidation sites excluding steroid dienone is 5. The zero-order chi connectivity index (χ0) is 34.2. The Morgan fingerprint density at radius 2 is 1.41 bits per heavy atom. The minimum absolute atomic E-state index is 0.0509. The zero-order valence-electron chi connectivity index (χ0n) is 27.9. The molecule has 1 aliphatic rings. The summed E-state index contributed by atoms with van der Waals surface area (Å²) in [7, 11) is 1.35. The van der Waals surface area contributed by atoms with E-state index in [1.807, 2.05) is 34.6 Å². The van der Waals surface area contributed by atoms with E-state index in [1.165, 1.54) is 26.0 Å². The van der Waals surface area contributed by atoms with Gasteiger partial charge in [0.15, 0.2) is 0 Å². The second-order valence-electron chi connectivity index (χ2n) is 7.92. The molecule has 1 aliphatic heterocycles. The number of methoxy groups -OCH3 is 1. The maximum atomic E-state index is 10.5. The summed E-state index contributed by atoms with van der Waals surface area (Å²) in [6, 6.07) is 0. The van der Waals surface area contributed by atoms with Gasteiger partial charge in [-0.25, -0.2) is 4.79 Å². The summed E-state index contributed by atoms with van der Waals surface area (Å²) in [5.41, 5.74) is 3.74. The molecular formula is C37H58O4. The fourth-order valence-electron chi connectivity index (χ4n) is 1.01. The van der Waals surface area contributed by atoms with E-state index in [2.05, 4.69) is 94.7 Å². The Balaban J connectivity index is -0.0000000660. The first-order valence-electron chi connectivity index (χ1n) is 13.1. The molecule has 0 spiro atoms. The quantitative estimate of drug-likeness (QED) is 0.109. The molecule has 0 aromatic heterocycles. The maximum Gasteiger partial charge on any atom is 0.333 e. The van der Waals surface area contributed by atoms with E-state index in [9.17, 15) is 9.59 Å². The molecule has 1 saturated heterocycles. The van der Waals surface area contributed by atoms with E-state index in [0.717, 1.165) is 16.7 Å². The summed E-state index contributed by atoms with van der Waals surface area (Å²) >= 11 is 0. The third-order valence-corrected chi connectivity index (χ3v) is 3.44. The van der Waals surface area contributed by atoms with E-state index >= 15 is 0 Å². The van der Waals surface area contributed by atoms with Crippen LogP contribution in [0.3, 0.4) is 0 Å². The molecule has 0 aromatic rings. The summed E-state index contributed by atoms with van der Waals surface area (Å²) in [5, 5.41) is 0. The third-order valence-electron chi connectivity index (χ3n) is 3.44. The summed E-state index contributed by atoms with van der Waals surface area (Å²) in [4.78, 5) is 20.6. The van der Waals surface area contributed by atoms with Gasteiger partial charge in [-0.15, -0.1) is 31.9 Å². The average molecular weight is 567 g/mol. The number of ether oxygens (including phenoxy) is 2. The Morgan fingerprint density at radius 1 is 1.05 bits per heavy atom. The lowest BCUT2D eigenvalue weighted by atomic mass is 10.2. The van der Waals surface area contributed by atoms with Gasteiger partial charge >= 0.3 is 11.9 Å². The molecule has 4 heteroatoms. The van der Waals surface area contributed by atoms with Crippen LogP contribution in [0.5, 0.6) is 0 Å². The van der Waals surface area contributed by atoms with Gasteiger partial charge in [-0.05, 0) is 60.3 Å². The summed E-state index contributed by atoms with van der Waals surface area (Å²) in [6.07, 6.45) is 18.0. The largest absolute Gasteiger partial charge is 0.469 e. The Morgan fingerprint density at radius 3 is 1.46 bits per heavy atom. The van der Waals surface area contributed by atoms with Gasteiger partial charge in [-0.2, -0.15) is 0 Å². The molecule has 1 fully saturated rings. The first-order chi connectivity index (χ1) is 19.1. The highest BCUT2D eigenvalue weighted by molar-refractivity contribution is 5.89. The topological polar surface area (TPSA) is 52.6 Å². The summed E-state index contributed by atoms with van der Waals surface area (Å²) in [5.74, 6) is 8.85. The molecular weight excluding hydrogens is 508 g/mol. The first kappa shape index (κ1) is 53.1. The molecule has 0 radical (unpaired) electrons. The van der Waals surface area contributed by atoms with E-state index in [0.29, 0.717) is 18.4 Å². The van der Waals surface area contributed by atoms with Crippen LogP contribution >= 0.6 is 0 Å². The molecule has 1 unspecified atom stereocenters. The van der Waals surface area contributed by atoms with Crippen molar-refractivity contribution in [2.24, 2.45) is 0 Å². The van der Waals surface area contributed by atoms with Gasteiger partial charge in [-0.3, -0.25) is 4.79 Å². The van der Waals surface area contributed by atoms with Crippen molar-refractivity contribution in [3.8, 4) is 36.5 Å². The van der Waals surface area contributed by atoms with Crippen molar-refractivity contribution in [1.82, 2.24) is 0 Å². The predicted octanol–water partition coefficient (Wildman–Crippen LogP) is 9.78. The molecule has 1 atom stereocenters. The van der Waals surface area contributed by atoms with Crippen LogP contribution in [0.25, 0.3) is 0 Å². The molecule has 0 aromatic carbocycles. The lowest BCUT2D eigenvalue weighted by Crippen LogP contribution is -1.99. The van der Waals surface area contributed by atoms with E-state index < -0.39 is 0 Å². The SMILES string of the molecule is C#CC.C#CC#CC.C=C(C)C(=C)C.C=C1CC(C)OC1=O.C=CC.C=CC(=C)C.C=CCC(=O)OC.CCCC. The molecule has 0 saturated carbocycles. The van der Waals surface area contributed by atoms with Crippen molar-refractivity contribution in [2.45, 2.75) is 94.1 Å². The van der Waals surface area contributed by atoms with Crippen molar-refractivity contribution < 1.29 is 19.1 Å². The van der Waals surface area contributed by atoms with Crippen molar-refractivity contribution in [3.05, 3.63) is 86.6 Å². The maximum absolute atomic E-state index is 10.5. The Labute approximate surface area is 255 Å². The molecule has 41 heavy (non-hydrogen) atoms. The highest BCUT2D eigenvalue weighted by atomic mass is 16.5. The van der Waals surface area contributed by atoms with Gasteiger partial charge in [0, 0.05) is 12.0 Å². The normalized spacial score (nSPS) is 10.4. The van der Waals surface area contributed by atoms with Crippen LogP contribution in [0.4, 0.5) is 0 Å². The molecule has 230 valence electrons. The van der Waals surface area contributed by atoms with Gasteiger partial charge in [0.05, 0.1) is 13.5 Å². The Kier molecular flexibility index (Phi) is 63.2. The number of hydrogen-bond donors (Lipinski definition) is 0. The van der Waals surface area contributed by atoms with Crippen LogP contribution in [-0.4, -0.2) is 25.2 Å². The second kappa shape index (κ2) is 48.8. The number of unbranched alkanes of at least 4 members (excludes halogenated alkanes) is 1. The van der Waals surface area contributed by atoms with Crippen LogP contribution < -0.4 is 0 Å². The lowest BCUT2D eigenvalue weighted by Gasteiger charge is -1.94. The monoisotopic (exact) mass is 566 g/mol. The number of terminal acetylenes is 2. The zero-order valence-corrected chi connectivity index (χ0v) is 27.9. The molecule has 0 bridgehead atoms. The number of rotatable bonds is 5. The summed E-state index contributed by atoms with van der Waals surface area (Å²) in [6.45, 7) is 41.8. The van der Waals surface area contributed by atoms with Crippen molar-refractivity contribution in [2.75, 3.05) is 7.11 Å². The smallest absolute Gasteiger partial charge is 0.333 e. The minimum Gasteiger partial charge on any atom is -0.469 e. The van der Waals surface area contributed by atoms with Crippen LogP contribution in [0, 0.1) is 36.5 Å². The fourth-order valence-corrected chi connectivity index (χ4v) is 1.01. The summed E-state index contributed by atoms with van der Waals surface area (Å²) < 4.78 is 9.02. The lowest BCUT2D eigenvalue weighted by molar-refractivity contribution is -0.140. The molecule has 0 aliphatic carbocycles. The van der Waals surface area contributed by atoms with Crippen molar-refractivity contribution in [1.29, 1.82) is 0 Å². The number of cyclic esters (lactones) is 1.